The largest absolute Gasteiger partial charge is 0.263 e. The summed E-state index contributed by atoms with van der Waals surface area (Å²) in [5, 5.41) is 0. The highest BCUT2D eigenvalue weighted by Gasteiger charge is 2.04. The quantitative estimate of drug-likeness (QED) is 0.653. The van der Waals surface area contributed by atoms with Crippen LogP contribution in [0, 0.1) is 0 Å². The Hall–Kier alpha value is -0.890. The first kappa shape index (κ1) is 10.2. The minimum absolute atomic E-state index is 0.0445. The predicted octanol–water partition coefficient (Wildman–Crippen LogP) is 3.88. The van der Waals surface area contributed by atoms with E-state index in [0.29, 0.717) is 5.88 Å². The van der Waals surface area contributed by atoms with Gasteiger partial charge in [-0.3, -0.25) is 0 Å². The Morgan fingerprint density at radius 3 is 2.31 bits per heavy atom. The summed E-state index contributed by atoms with van der Waals surface area (Å²) in [6, 6.07) is 6.12. The average Bonchev–Trinajstić information content (AvgIpc) is 2.15. The molecule has 0 unspecified atom stereocenters. The number of hydrogen-bond donors (Lipinski definition) is 0. The Kier molecular flexibility index (Phi) is 3.90. The number of halogens is 3. The number of allylic oxidation sites excluding steroid dienone is 1. The van der Waals surface area contributed by atoms with Crippen LogP contribution in [0.5, 0.6) is 0 Å². The molecule has 0 N–H and O–H groups in total. The second-order valence-electron chi connectivity index (χ2n) is 2.52. The maximum absolute atomic E-state index is 12.1. The highest BCUT2D eigenvalue weighted by Crippen LogP contribution is 2.18. The van der Waals surface area contributed by atoms with Crippen LogP contribution in [0.25, 0.3) is 6.08 Å². The second-order valence-corrected chi connectivity index (χ2v) is 2.83. The van der Waals surface area contributed by atoms with Crippen LogP contribution >= 0.6 is 11.6 Å². The lowest BCUT2D eigenvalue weighted by Gasteiger charge is -1.98. The predicted molar refractivity (Wildman–Crippen MR) is 51.2 cm³/mol. The number of benzene rings is 1. The van der Waals surface area contributed by atoms with Gasteiger partial charge in [0.25, 0.3) is 6.43 Å². The van der Waals surface area contributed by atoms with E-state index in [4.69, 9.17) is 11.6 Å². The molecule has 0 atom stereocenters. The third-order valence-corrected chi connectivity index (χ3v) is 1.77. The molecule has 1 aromatic rings. The zero-order valence-corrected chi connectivity index (χ0v) is 7.64. The minimum Gasteiger partial charge on any atom is -0.205 e. The van der Waals surface area contributed by atoms with E-state index in [2.05, 4.69) is 0 Å². The lowest BCUT2D eigenvalue weighted by Crippen LogP contribution is -1.82. The Bertz CT molecular complexity index is 277. The van der Waals surface area contributed by atoms with E-state index in [1.807, 2.05) is 0 Å². The van der Waals surface area contributed by atoms with Crippen LogP contribution in [0.15, 0.2) is 30.3 Å². The van der Waals surface area contributed by atoms with Crippen molar-refractivity contribution < 1.29 is 8.78 Å². The molecular formula is C10H9ClF2. The maximum atomic E-state index is 12.1. The van der Waals surface area contributed by atoms with Crippen LogP contribution in [0.4, 0.5) is 8.78 Å². The number of alkyl halides is 3. The van der Waals surface area contributed by atoms with Gasteiger partial charge in [0, 0.05) is 11.4 Å². The summed E-state index contributed by atoms with van der Waals surface area (Å²) in [5.41, 5.74) is 0.924. The molecule has 13 heavy (non-hydrogen) atoms. The van der Waals surface area contributed by atoms with Gasteiger partial charge in [0.2, 0.25) is 0 Å². The molecular weight excluding hydrogens is 194 g/mol. The molecule has 0 amide bonds. The van der Waals surface area contributed by atoms with Gasteiger partial charge in [-0.05, 0) is 5.56 Å². The summed E-state index contributed by atoms with van der Waals surface area (Å²) in [7, 11) is 0. The highest BCUT2D eigenvalue weighted by atomic mass is 35.5. The Labute approximate surface area is 80.8 Å². The van der Waals surface area contributed by atoms with Crippen molar-refractivity contribution in [3.63, 3.8) is 0 Å². The fourth-order valence-electron chi connectivity index (χ4n) is 0.933. The third kappa shape index (κ3) is 3.15. The fraction of sp³-hybridized carbons (Fsp3) is 0.200. The number of hydrogen-bond acceptors (Lipinski definition) is 0. The fourth-order valence-corrected chi connectivity index (χ4v) is 1.02. The smallest absolute Gasteiger partial charge is 0.205 e. The van der Waals surface area contributed by atoms with Crippen LogP contribution in [-0.2, 0) is 0 Å². The van der Waals surface area contributed by atoms with Gasteiger partial charge in [-0.1, -0.05) is 36.4 Å². The Morgan fingerprint density at radius 2 is 1.85 bits per heavy atom. The molecule has 0 heterocycles. The highest BCUT2D eigenvalue weighted by molar-refractivity contribution is 6.19. The lowest BCUT2D eigenvalue weighted by molar-refractivity contribution is 0.151. The minimum atomic E-state index is -2.40. The second kappa shape index (κ2) is 4.97. The van der Waals surface area contributed by atoms with Crippen molar-refractivity contribution in [1.29, 1.82) is 0 Å². The van der Waals surface area contributed by atoms with Crippen molar-refractivity contribution >= 4 is 17.7 Å². The molecule has 3 heteroatoms. The van der Waals surface area contributed by atoms with Crippen LogP contribution < -0.4 is 0 Å². The summed E-state index contributed by atoms with van der Waals surface area (Å²) >= 11 is 5.43. The first-order valence-corrected chi connectivity index (χ1v) is 4.38. The zero-order valence-electron chi connectivity index (χ0n) is 6.88. The van der Waals surface area contributed by atoms with Crippen molar-refractivity contribution in [2.75, 3.05) is 5.88 Å². The van der Waals surface area contributed by atoms with Gasteiger partial charge in [0.1, 0.15) is 0 Å². The van der Waals surface area contributed by atoms with Crippen molar-refractivity contribution in [2.45, 2.75) is 6.43 Å². The Morgan fingerprint density at radius 1 is 1.23 bits per heavy atom. The summed E-state index contributed by atoms with van der Waals surface area (Å²) in [4.78, 5) is 0. The Balaban J connectivity index is 2.75. The van der Waals surface area contributed by atoms with Gasteiger partial charge in [-0.25, -0.2) is 8.78 Å². The summed E-state index contributed by atoms with van der Waals surface area (Å²) in [6.45, 7) is 0. The van der Waals surface area contributed by atoms with Crippen molar-refractivity contribution in [3.05, 3.63) is 41.5 Å². The monoisotopic (exact) mass is 202 g/mol. The topological polar surface area (TPSA) is 0 Å². The molecule has 0 nitrogen and oxygen atoms in total. The van der Waals surface area contributed by atoms with E-state index in [1.165, 1.54) is 12.1 Å². The lowest BCUT2D eigenvalue weighted by atomic mass is 10.1. The van der Waals surface area contributed by atoms with E-state index < -0.39 is 6.43 Å². The standard InChI is InChI=1S/C10H9ClF2/c11-7-1-2-8-3-5-9(6-4-8)10(12)13/h1-6,10H,7H2/b2-1+. The molecule has 0 radical (unpaired) electrons. The van der Waals surface area contributed by atoms with Crippen molar-refractivity contribution in [1.82, 2.24) is 0 Å². The summed E-state index contributed by atoms with van der Waals surface area (Å²) < 4.78 is 24.2. The molecule has 0 saturated carbocycles. The average molecular weight is 203 g/mol. The van der Waals surface area contributed by atoms with Gasteiger partial charge in [0.05, 0.1) is 0 Å². The van der Waals surface area contributed by atoms with Crippen LogP contribution in [-0.4, -0.2) is 5.88 Å². The van der Waals surface area contributed by atoms with Gasteiger partial charge >= 0.3 is 0 Å². The van der Waals surface area contributed by atoms with E-state index in [-0.39, 0.29) is 5.56 Å². The van der Waals surface area contributed by atoms with E-state index in [1.54, 1.807) is 24.3 Å². The normalized spacial score (nSPS) is 11.4. The SMILES string of the molecule is FC(F)c1ccc(/C=C/CCl)cc1. The number of rotatable bonds is 3. The molecule has 0 fully saturated rings. The zero-order chi connectivity index (χ0) is 9.68. The molecule has 0 aliphatic heterocycles. The van der Waals surface area contributed by atoms with Crippen LogP contribution in [0.3, 0.4) is 0 Å². The molecule has 0 aromatic heterocycles. The van der Waals surface area contributed by atoms with E-state index >= 15 is 0 Å². The van der Waals surface area contributed by atoms with Gasteiger partial charge < -0.3 is 0 Å². The van der Waals surface area contributed by atoms with Crippen LogP contribution in [0.2, 0.25) is 0 Å². The van der Waals surface area contributed by atoms with Gasteiger partial charge in [-0.2, -0.15) is 0 Å². The molecule has 0 spiro atoms. The first-order valence-electron chi connectivity index (χ1n) is 3.84. The molecule has 70 valence electrons. The van der Waals surface area contributed by atoms with Gasteiger partial charge in [-0.15, -0.1) is 11.6 Å². The van der Waals surface area contributed by atoms with Crippen molar-refractivity contribution in [2.24, 2.45) is 0 Å². The van der Waals surface area contributed by atoms with Crippen molar-refractivity contribution in [3.8, 4) is 0 Å². The molecule has 0 aliphatic carbocycles. The maximum Gasteiger partial charge on any atom is 0.263 e. The van der Waals surface area contributed by atoms with E-state index in [9.17, 15) is 8.78 Å². The molecule has 0 saturated heterocycles. The summed E-state index contributed by atoms with van der Waals surface area (Å²) in [6.07, 6.45) is 1.16. The van der Waals surface area contributed by atoms with Gasteiger partial charge in [0.15, 0.2) is 0 Å². The molecule has 0 bridgehead atoms. The van der Waals surface area contributed by atoms with E-state index in [0.717, 1.165) is 5.56 Å². The molecule has 1 aromatic carbocycles. The van der Waals surface area contributed by atoms with Crippen LogP contribution in [0.1, 0.15) is 17.6 Å². The molecule has 0 aliphatic rings. The third-order valence-electron chi connectivity index (χ3n) is 1.59. The molecule has 1 rings (SSSR count). The first-order chi connectivity index (χ1) is 6.24. The summed E-state index contributed by atoms with van der Waals surface area (Å²) in [5.74, 6) is 0.427.